The van der Waals surface area contributed by atoms with Gasteiger partial charge in [0, 0.05) is 24.5 Å². The summed E-state index contributed by atoms with van der Waals surface area (Å²) >= 11 is 0. The normalized spacial score (nSPS) is 26.7. The second-order valence-corrected chi connectivity index (χ2v) is 10.0. The van der Waals surface area contributed by atoms with Crippen LogP contribution in [0.25, 0.3) is 0 Å². The number of esters is 1. The highest BCUT2D eigenvalue weighted by atomic mass is 32.2. The van der Waals surface area contributed by atoms with E-state index < -0.39 is 42.8 Å². The summed E-state index contributed by atoms with van der Waals surface area (Å²) in [7, 11) is -3.86. The SMILES string of the molecule is C[C@]1(Cn2cccn2)[C@H](C(=O)OCc2ccc([N+](=O)[O-])cc2)N2C(=O)C[C@@H]2S1(=O)=O. The molecule has 0 unspecified atom stereocenters. The lowest BCUT2D eigenvalue weighted by Crippen LogP contribution is -2.58. The van der Waals surface area contributed by atoms with E-state index in [-0.39, 0.29) is 25.3 Å². The van der Waals surface area contributed by atoms with Crippen molar-refractivity contribution in [2.45, 2.75) is 42.7 Å². The summed E-state index contributed by atoms with van der Waals surface area (Å²) in [6, 6.07) is 5.76. The third-order valence-electron chi connectivity index (χ3n) is 5.60. The Hall–Kier alpha value is -3.28. The predicted molar refractivity (Wildman–Crippen MR) is 101 cm³/mol. The first-order valence-corrected chi connectivity index (χ1v) is 10.6. The predicted octanol–water partition coefficient (Wildman–Crippen LogP) is 0.649. The lowest BCUT2D eigenvalue weighted by Gasteiger charge is -2.36. The number of aromatic nitrogens is 2. The fraction of sp³-hybridized carbons (Fsp3) is 0.389. The van der Waals surface area contributed by atoms with Gasteiger partial charge in [0.1, 0.15) is 16.7 Å². The van der Waals surface area contributed by atoms with Crippen LogP contribution in [0.4, 0.5) is 5.69 Å². The molecule has 12 heteroatoms. The summed E-state index contributed by atoms with van der Waals surface area (Å²) in [6.07, 6.45) is 2.91. The first-order valence-electron chi connectivity index (χ1n) is 9.07. The Morgan fingerprint density at radius 1 is 1.37 bits per heavy atom. The summed E-state index contributed by atoms with van der Waals surface area (Å²) in [5, 5.41) is 13.7. The Morgan fingerprint density at radius 3 is 2.63 bits per heavy atom. The summed E-state index contributed by atoms with van der Waals surface area (Å²) in [4.78, 5) is 36.4. The van der Waals surface area contributed by atoms with Crippen molar-refractivity contribution < 1.29 is 27.7 Å². The van der Waals surface area contributed by atoms with Crippen LogP contribution in [0.1, 0.15) is 18.9 Å². The number of nitro groups is 1. The van der Waals surface area contributed by atoms with Gasteiger partial charge in [-0.15, -0.1) is 0 Å². The van der Waals surface area contributed by atoms with E-state index in [9.17, 15) is 28.1 Å². The molecule has 30 heavy (non-hydrogen) atoms. The number of β-lactam (4-membered cyclic amide) rings is 1. The van der Waals surface area contributed by atoms with Gasteiger partial charge in [-0.25, -0.2) is 13.2 Å². The number of carbonyl (C=O) groups is 2. The number of fused-ring (bicyclic) bond motifs is 1. The van der Waals surface area contributed by atoms with E-state index in [2.05, 4.69) is 5.10 Å². The van der Waals surface area contributed by atoms with Gasteiger partial charge in [0.05, 0.1) is 17.9 Å². The van der Waals surface area contributed by atoms with Crippen molar-refractivity contribution in [2.24, 2.45) is 0 Å². The van der Waals surface area contributed by atoms with E-state index in [1.54, 1.807) is 12.3 Å². The molecule has 158 valence electrons. The van der Waals surface area contributed by atoms with Gasteiger partial charge in [-0.1, -0.05) is 0 Å². The molecule has 0 saturated carbocycles. The van der Waals surface area contributed by atoms with Crippen molar-refractivity contribution >= 4 is 27.4 Å². The maximum Gasteiger partial charge on any atom is 0.330 e. The van der Waals surface area contributed by atoms with Gasteiger partial charge < -0.3 is 9.64 Å². The van der Waals surface area contributed by atoms with Crippen molar-refractivity contribution in [1.29, 1.82) is 0 Å². The minimum Gasteiger partial charge on any atom is -0.459 e. The molecule has 2 aromatic rings. The number of hydrogen-bond acceptors (Lipinski definition) is 8. The fourth-order valence-corrected chi connectivity index (χ4v) is 6.29. The molecule has 11 nitrogen and oxygen atoms in total. The van der Waals surface area contributed by atoms with Crippen LogP contribution in [0.15, 0.2) is 42.7 Å². The van der Waals surface area contributed by atoms with Crippen molar-refractivity contribution in [3.05, 3.63) is 58.4 Å². The van der Waals surface area contributed by atoms with E-state index in [1.165, 1.54) is 42.1 Å². The molecular weight excluding hydrogens is 416 g/mol. The average Bonchev–Trinajstić information content (AvgIpc) is 3.24. The van der Waals surface area contributed by atoms with E-state index in [0.717, 1.165) is 4.90 Å². The smallest absolute Gasteiger partial charge is 0.330 e. The lowest BCUT2D eigenvalue weighted by molar-refractivity contribution is -0.384. The fourth-order valence-electron chi connectivity index (χ4n) is 3.93. The molecule has 4 rings (SSSR count). The largest absolute Gasteiger partial charge is 0.459 e. The lowest BCUT2D eigenvalue weighted by atomic mass is 9.96. The van der Waals surface area contributed by atoms with Crippen LogP contribution in [0.5, 0.6) is 0 Å². The number of carbonyl (C=O) groups excluding carboxylic acids is 2. The highest BCUT2D eigenvalue weighted by Crippen LogP contribution is 2.47. The van der Waals surface area contributed by atoms with Crippen LogP contribution < -0.4 is 0 Å². The van der Waals surface area contributed by atoms with Crippen LogP contribution in [0.2, 0.25) is 0 Å². The van der Waals surface area contributed by atoms with E-state index in [0.29, 0.717) is 5.56 Å². The van der Waals surface area contributed by atoms with Gasteiger partial charge in [0.15, 0.2) is 15.9 Å². The number of rotatable bonds is 6. The van der Waals surface area contributed by atoms with Crippen molar-refractivity contribution in [3.8, 4) is 0 Å². The van der Waals surface area contributed by atoms with Crippen LogP contribution >= 0.6 is 0 Å². The summed E-state index contributed by atoms with van der Waals surface area (Å²) in [5.74, 6) is -1.27. The maximum atomic E-state index is 13.1. The van der Waals surface area contributed by atoms with E-state index in [1.807, 2.05) is 0 Å². The van der Waals surface area contributed by atoms with Crippen LogP contribution in [-0.2, 0) is 37.3 Å². The first-order chi connectivity index (χ1) is 14.1. The number of nitrogens with zero attached hydrogens (tertiary/aromatic N) is 4. The number of non-ortho nitro benzene ring substituents is 1. The zero-order valence-corrected chi connectivity index (χ0v) is 16.7. The Morgan fingerprint density at radius 2 is 2.07 bits per heavy atom. The molecule has 2 saturated heterocycles. The molecule has 2 aliphatic rings. The molecule has 0 spiro atoms. The summed E-state index contributed by atoms with van der Waals surface area (Å²) < 4.78 is 31.4. The van der Waals surface area contributed by atoms with Gasteiger partial charge in [0.2, 0.25) is 5.91 Å². The zero-order chi connectivity index (χ0) is 21.7. The molecule has 1 aromatic heterocycles. The molecule has 2 aliphatic heterocycles. The molecule has 0 radical (unpaired) electrons. The van der Waals surface area contributed by atoms with Crippen molar-refractivity contribution in [1.82, 2.24) is 14.7 Å². The van der Waals surface area contributed by atoms with Crippen LogP contribution in [0, 0.1) is 10.1 Å². The van der Waals surface area contributed by atoms with Gasteiger partial charge in [-0.05, 0) is 30.7 Å². The zero-order valence-electron chi connectivity index (χ0n) is 15.9. The van der Waals surface area contributed by atoms with E-state index >= 15 is 0 Å². The molecule has 0 N–H and O–H groups in total. The standard InChI is InChI=1S/C18H18N4O7S/c1-18(11-20-8-2-7-19-20)16(21-14(23)9-15(21)30(18,27)28)17(24)29-10-12-3-5-13(6-4-12)22(25)26/h2-8,15-16H,9-11H2,1H3/t15-,16-,18-/m0/s1. The Labute approximate surface area is 171 Å². The minimum atomic E-state index is -3.86. The number of amides is 1. The number of hydrogen-bond donors (Lipinski definition) is 0. The Balaban J connectivity index is 1.58. The molecule has 3 atom stereocenters. The third-order valence-corrected chi connectivity index (χ3v) is 8.36. The second kappa shape index (κ2) is 6.90. The summed E-state index contributed by atoms with van der Waals surface area (Å²) in [6.45, 7) is 1.10. The molecule has 3 heterocycles. The third kappa shape index (κ3) is 2.95. The molecule has 1 aromatic carbocycles. The van der Waals surface area contributed by atoms with Crippen LogP contribution in [0.3, 0.4) is 0 Å². The molecule has 0 bridgehead atoms. The van der Waals surface area contributed by atoms with Crippen molar-refractivity contribution in [3.63, 3.8) is 0 Å². The summed E-state index contributed by atoms with van der Waals surface area (Å²) in [5.41, 5.74) is 0.392. The molecular formula is C18H18N4O7S. The van der Waals surface area contributed by atoms with Gasteiger partial charge in [-0.3, -0.25) is 19.6 Å². The second-order valence-electron chi connectivity index (χ2n) is 7.45. The number of benzene rings is 1. The molecule has 2 fully saturated rings. The first kappa shape index (κ1) is 20.0. The topological polar surface area (TPSA) is 142 Å². The average molecular weight is 434 g/mol. The monoisotopic (exact) mass is 434 g/mol. The number of ether oxygens (including phenoxy) is 1. The maximum absolute atomic E-state index is 13.1. The quantitative estimate of drug-likeness (QED) is 0.279. The highest BCUT2D eigenvalue weighted by Gasteiger charge is 2.70. The minimum absolute atomic E-state index is 0.104. The van der Waals surface area contributed by atoms with Gasteiger partial charge in [-0.2, -0.15) is 5.10 Å². The van der Waals surface area contributed by atoms with E-state index in [4.69, 9.17) is 4.74 Å². The number of nitro benzene ring substituents is 1. The van der Waals surface area contributed by atoms with Gasteiger partial charge >= 0.3 is 5.97 Å². The molecule has 1 amide bonds. The Bertz CT molecular complexity index is 1110. The molecule has 0 aliphatic carbocycles. The van der Waals surface area contributed by atoms with Crippen molar-refractivity contribution in [2.75, 3.05) is 0 Å². The van der Waals surface area contributed by atoms with Gasteiger partial charge in [0.25, 0.3) is 5.69 Å². The Kier molecular flexibility index (Phi) is 4.60. The van der Waals surface area contributed by atoms with Crippen LogP contribution in [-0.4, -0.2) is 56.1 Å². The highest BCUT2D eigenvalue weighted by molar-refractivity contribution is 7.93. The number of sulfone groups is 1.